The van der Waals surface area contributed by atoms with Gasteiger partial charge in [-0.3, -0.25) is 14.4 Å². The Morgan fingerprint density at radius 2 is 1.48 bits per heavy atom. The molecule has 0 aliphatic carbocycles. The van der Waals surface area contributed by atoms with Crippen molar-refractivity contribution in [2.45, 2.75) is 52.6 Å². The van der Waals surface area contributed by atoms with E-state index in [1.165, 1.54) is 0 Å². The Hall–Kier alpha value is -3.15. The fourth-order valence-corrected chi connectivity index (χ4v) is 4.12. The van der Waals surface area contributed by atoms with E-state index in [0.29, 0.717) is 37.1 Å². The molecular formula is C27H35N3O3. The van der Waals surface area contributed by atoms with Crippen LogP contribution in [-0.2, 0) is 4.79 Å². The van der Waals surface area contributed by atoms with Crippen molar-refractivity contribution in [2.75, 3.05) is 13.1 Å². The van der Waals surface area contributed by atoms with E-state index in [-0.39, 0.29) is 35.6 Å². The monoisotopic (exact) mass is 449 g/mol. The predicted octanol–water partition coefficient (Wildman–Crippen LogP) is 3.81. The summed E-state index contributed by atoms with van der Waals surface area (Å²) in [5.41, 5.74) is 2.11. The molecule has 6 nitrogen and oxygen atoms in total. The minimum Gasteiger partial charge on any atom is -0.352 e. The molecule has 3 amide bonds. The van der Waals surface area contributed by atoms with Crippen LogP contribution in [0.15, 0.2) is 54.6 Å². The maximum Gasteiger partial charge on any atom is 0.253 e. The fraction of sp³-hybridized carbons (Fsp3) is 0.444. The lowest BCUT2D eigenvalue weighted by Crippen LogP contribution is -2.55. The first-order valence-electron chi connectivity index (χ1n) is 11.8. The number of benzene rings is 2. The summed E-state index contributed by atoms with van der Waals surface area (Å²) < 4.78 is 0. The minimum absolute atomic E-state index is 0.00453. The third-order valence-corrected chi connectivity index (χ3v) is 6.65. The summed E-state index contributed by atoms with van der Waals surface area (Å²) in [5, 5.41) is 6.08. The van der Waals surface area contributed by atoms with E-state index in [4.69, 9.17) is 0 Å². The van der Waals surface area contributed by atoms with Crippen molar-refractivity contribution in [3.05, 3.63) is 71.3 Å². The lowest BCUT2D eigenvalue weighted by molar-refractivity contribution is -0.125. The number of hydrogen-bond acceptors (Lipinski definition) is 3. The van der Waals surface area contributed by atoms with Crippen molar-refractivity contribution in [1.29, 1.82) is 0 Å². The molecule has 1 saturated heterocycles. The second-order valence-electron chi connectivity index (χ2n) is 9.30. The zero-order chi connectivity index (χ0) is 24.0. The molecule has 2 N–H and O–H groups in total. The van der Waals surface area contributed by atoms with E-state index < -0.39 is 6.04 Å². The molecule has 0 radical (unpaired) electrons. The highest BCUT2D eigenvalue weighted by Crippen LogP contribution is 2.23. The van der Waals surface area contributed by atoms with Crippen LogP contribution in [0.3, 0.4) is 0 Å². The van der Waals surface area contributed by atoms with E-state index in [1.54, 1.807) is 6.07 Å². The van der Waals surface area contributed by atoms with Crippen LogP contribution in [0.5, 0.6) is 0 Å². The van der Waals surface area contributed by atoms with Crippen LogP contribution >= 0.6 is 0 Å². The number of carbonyl (C=O) groups excluding carboxylic acids is 3. The Balaban J connectivity index is 1.72. The van der Waals surface area contributed by atoms with E-state index in [1.807, 2.05) is 67.3 Å². The average molecular weight is 450 g/mol. The van der Waals surface area contributed by atoms with Crippen LogP contribution in [0.4, 0.5) is 0 Å². The zero-order valence-corrected chi connectivity index (χ0v) is 20.0. The number of piperidine rings is 1. The third kappa shape index (κ3) is 6.21. The molecule has 2 aromatic carbocycles. The number of likely N-dealkylation sites (tertiary alicyclic amines) is 1. The lowest BCUT2D eigenvalue weighted by atomic mass is 9.87. The van der Waals surface area contributed by atoms with Crippen molar-refractivity contribution < 1.29 is 14.4 Å². The van der Waals surface area contributed by atoms with Crippen molar-refractivity contribution >= 4 is 17.7 Å². The number of amides is 3. The highest BCUT2D eigenvalue weighted by atomic mass is 16.2. The largest absolute Gasteiger partial charge is 0.352 e. The average Bonchev–Trinajstić information content (AvgIpc) is 2.82. The molecule has 1 aliphatic heterocycles. The Morgan fingerprint density at radius 1 is 0.879 bits per heavy atom. The minimum atomic E-state index is -0.646. The maximum absolute atomic E-state index is 13.2. The van der Waals surface area contributed by atoms with Gasteiger partial charge in [0, 0.05) is 30.3 Å². The molecule has 176 valence electrons. The molecule has 0 saturated carbocycles. The lowest BCUT2D eigenvalue weighted by Gasteiger charge is -2.36. The predicted molar refractivity (Wildman–Crippen MR) is 130 cm³/mol. The summed E-state index contributed by atoms with van der Waals surface area (Å²) in [6.45, 7) is 9.09. The van der Waals surface area contributed by atoms with E-state index in [9.17, 15) is 14.4 Å². The topological polar surface area (TPSA) is 78.5 Å². The van der Waals surface area contributed by atoms with Gasteiger partial charge in [-0.1, -0.05) is 50.2 Å². The van der Waals surface area contributed by atoms with Crippen LogP contribution < -0.4 is 10.6 Å². The van der Waals surface area contributed by atoms with Gasteiger partial charge in [-0.05, 0) is 62.3 Å². The molecule has 6 heteroatoms. The third-order valence-electron chi connectivity index (χ3n) is 6.65. The Labute approximate surface area is 196 Å². The van der Waals surface area contributed by atoms with Gasteiger partial charge in [0.1, 0.15) is 6.04 Å². The van der Waals surface area contributed by atoms with Crippen LogP contribution in [0.1, 0.15) is 59.9 Å². The molecule has 33 heavy (non-hydrogen) atoms. The molecule has 0 bridgehead atoms. The van der Waals surface area contributed by atoms with Gasteiger partial charge in [0.15, 0.2) is 0 Å². The normalized spacial score (nSPS) is 16.2. The summed E-state index contributed by atoms with van der Waals surface area (Å²) in [6, 6.07) is 16.0. The van der Waals surface area contributed by atoms with Gasteiger partial charge in [-0.25, -0.2) is 0 Å². The maximum atomic E-state index is 13.2. The van der Waals surface area contributed by atoms with Gasteiger partial charge in [0.25, 0.3) is 11.8 Å². The number of aryl methyl sites for hydroxylation is 1. The van der Waals surface area contributed by atoms with Gasteiger partial charge in [0.2, 0.25) is 5.91 Å². The number of rotatable bonds is 7. The van der Waals surface area contributed by atoms with Crippen molar-refractivity contribution in [2.24, 2.45) is 11.8 Å². The molecule has 2 atom stereocenters. The molecular weight excluding hydrogens is 414 g/mol. The number of hydrogen-bond donors (Lipinski definition) is 2. The first kappa shape index (κ1) is 24.5. The SMILES string of the molecule is Cc1ccccc1C(=O)N[C@H](C(=O)N[C@@H](C)C(C)C)C1CCN(C(=O)c2ccccc2)CC1. The molecule has 3 rings (SSSR count). The molecule has 0 spiro atoms. The highest BCUT2D eigenvalue weighted by molar-refractivity contribution is 5.99. The molecule has 1 aliphatic rings. The first-order chi connectivity index (χ1) is 15.8. The van der Waals surface area contributed by atoms with Crippen molar-refractivity contribution in [3.8, 4) is 0 Å². The summed E-state index contributed by atoms with van der Waals surface area (Å²) in [6.07, 6.45) is 1.31. The molecule has 1 heterocycles. The summed E-state index contributed by atoms with van der Waals surface area (Å²) in [5.74, 6) is -0.157. The number of nitrogens with zero attached hydrogens (tertiary/aromatic N) is 1. The Bertz CT molecular complexity index is 966. The Kier molecular flexibility index (Phi) is 8.26. The fourth-order valence-electron chi connectivity index (χ4n) is 4.12. The molecule has 2 aromatic rings. The first-order valence-corrected chi connectivity index (χ1v) is 11.8. The van der Waals surface area contributed by atoms with Crippen LogP contribution in [0.25, 0.3) is 0 Å². The van der Waals surface area contributed by atoms with E-state index in [2.05, 4.69) is 24.5 Å². The molecule has 0 aromatic heterocycles. The molecule has 0 unspecified atom stereocenters. The van der Waals surface area contributed by atoms with E-state index >= 15 is 0 Å². The zero-order valence-electron chi connectivity index (χ0n) is 20.0. The summed E-state index contributed by atoms with van der Waals surface area (Å²) in [7, 11) is 0. The van der Waals surface area contributed by atoms with Crippen LogP contribution in [-0.4, -0.2) is 47.8 Å². The van der Waals surface area contributed by atoms with Crippen molar-refractivity contribution in [3.63, 3.8) is 0 Å². The number of nitrogens with one attached hydrogen (secondary N) is 2. The van der Waals surface area contributed by atoms with Gasteiger partial charge < -0.3 is 15.5 Å². The quantitative estimate of drug-likeness (QED) is 0.675. The Morgan fingerprint density at radius 3 is 2.09 bits per heavy atom. The van der Waals surface area contributed by atoms with Gasteiger partial charge in [-0.15, -0.1) is 0 Å². The van der Waals surface area contributed by atoms with E-state index in [0.717, 1.165) is 5.56 Å². The summed E-state index contributed by atoms with van der Waals surface area (Å²) >= 11 is 0. The van der Waals surface area contributed by atoms with Crippen molar-refractivity contribution in [1.82, 2.24) is 15.5 Å². The summed E-state index contributed by atoms with van der Waals surface area (Å²) in [4.78, 5) is 40.9. The highest BCUT2D eigenvalue weighted by Gasteiger charge is 2.35. The van der Waals surface area contributed by atoms with Gasteiger partial charge in [-0.2, -0.15) is 0 Å². The number of carbonyl (C=O) groups is 3. The van der Waals surface area contributed by atoms with Crippen LogP contribution in [0, 0.1) is 18.8 Å². The van der Waals surface area contributed by atoms with Crippen LogP contribution in [0.2, 0.25) is 0 Å². The standard InChI is InChI=1S/C27H35N3O3/c1-18(2)20(4)28-26(32)24(29-25(31)23-13-9-8-10-19(23)3)21-14-16-30(17-15-21)27(33)22-11-6-5-7-12-22/h5-13,18,20-21,24H,14-17H2,1-4H3,(H,28,32)(H,29,31)/t20-,24-/m0/s1. The second kappa shape index (κ2) is 11.1. The van der Waals surface area contributed by atoms with Gasteiger partial charge >= 0.3 is 0 Å². The van der Waals surface area contributed by atoms with Gasteiger partial charge in [0.05, 0.1) is 0 Å². The smallest absolute Gasteiger partial charge is 0.253 e. The second-order valence-corrected chi connectivity index (χ2v) is 9.30. The molecule has 1 fully saturated rings.